The molecular weight excluding hydrogens is 327 g/mol. The van der Waals surface area contributed by atoms with Crippen molar-refractivity contribution in [1.29, 1.82) is 0 Å². The summed E-state index contributed by atoms with van der Waals surface area (Å²) in [5, 5.41) is 0.679. The van der Waals surface area contributed by atoms with Crippen LogP contribution in [0.5, 0.6) is 0 Å². The minimum absolute atomic E-state index is 0.0135. The van der Waals surface area contributed by atoms with Crippen molar-refractivity contribution in [3.05, 3.63) is 0 Å². The lowest BCUT2D eigenvalue weighted by atomic mass is 10.2. The third-order valence-corrected chi connectivity index (χ3v) is 3.49. The molecule has 0 spiro atoms. The molecule has 1 aliphatic rings. The molecule has 0 bridgehead atoms. The maximum Gasteiger partial charge on any atom is 0.411 e. The molecule has 0 N–H and O–H groups in total. The molecule has 19 heavy (non-hydrogen) atoms. The van der Waals surface area contributed by atoms with Gasteiger partial charge in [0.05, 0.1) is 13.0 Å². The Hall–Kier alpha value is -0.300. The van der Waals surface area contributed by atoms with Crippen molar-refractivity contribution in [3.63, 3.8) is 0 Å². The number of carbonyl (C=O) groups excluding carboxylic acids is 1. The molecule has 0 radical (unpaired) electrons. The Balaban J connectivity index is 2.31. The Morgan fingerprint density at radius 3 is 2.47 bits per heavy atom. The van der Waals surface area contributed by atoms with Crippen molar-refractivity contribution < 1.29 is 22.7 Å². The average molecular weight is 346 g/mol. The molecule has 7 heteroatoms. The zero-order valence-electron chi connectivity index (χ0n) is 10.7. The van der Waals surface area contributed by atoms with E-state index in [0.717, 1.165) is 25.7 Å². The van der Waals surface area contributed by atoms with Crippen LogP contribution in [-0.2, 0) is 9.53 Å². The molecule has 1 amide bonds. The summed E-state index contributed by atoms with van der Waals surface area (Å²) in [5.74, 6) is -0.117. The van der Waals surface area contributed by atoms with Crippen LogP contribution in [0.25, 0.3) is 0 Å². The first-order chi connectivity index (χ1) is 8.94. The highest BCUT2D eigenvalue weighted by atomic mass is 79.9. The van der Waals surface area contributed by atoms with Gasteiger partial charge in [-0.05, 0) is 12.8 Å². The van der Waals surface area contributed by atoms with Gasteiger partial charge in [-0.15, -0.1) is 0 Å². The van der Waals surface area contributed by atoms with Crippen LogP contribution in [0.4, 0.5) is 13.2 Å². The topological polar surface area (TPSA) is 29.5 Å². The molecule has 0 aromatic carbocycles. The molecule has 0 aliphatic heterocycles. The summed E-state index contributed by atoms with van der Waals surface area (Å²) < 4.78 is 40.1. The van der Waals surface area contributed by atoms with Crippen LogP contribution in [0.2, 0.25) is 0 Å². The first kappa shape index (κ1) is 16.8. The molecule has 0 atom stereocenters. The zero-order valence-corrected chi connectivity index (χ0v) is 12.3. The van der Waals surface area contributed by atoms with Gasteiger partial charge in [0, 0.05) is 17.9 Å². The number of amides is 1. The predicted octanol–water partition coefficient (Wildman–Crippen LogP) is 3.12. The minimum atomic E-state index is -4.33. The first-order valence-electron chi connectivity index (χ1n) is 6.44. The van der Waals surface area contributed by atoms with Crippen molar-refractivity contribution in [1.82, 2.24) is 4.90 Å². The summed E-state index contributed by atoms with van der Waals surface area (Å²) in [6.07, 6.45) is -0.115. The van der Waals surface area contributed by atoms with Gasteiger partial charge in [-0.1, -0.05) is 28.8 Å². The maximum absolute atomic E-state index is 12.0. The lowest BCUT2D eigenvalue weighted by molar-refractivity contribution is -0.175. The summed E-state index contributed by atoms with van der Waals surface area (Å²) >= 11 is 3.30. The summed E-state index contributed by atoms with van der Waals surface area (Å²) in [4.78, 5) is 13.8. The van der Waals surface area contributed by atoms with E-state index in [1.807, 2.05) is 0 Å². The second-order valence-electron chi connectivity index (χ2n) is 4.63. The van der Waals surface area contributed by atoms with E-state index in [2.05, 4.69) is 20.7 Å². The van der Waals surface area contributed by atoms with E-state index in [1.54, 1.807) is 4.90 Å². The van der Waals surface area contributed by atoms with Crippen molar-refractivity contribution in [3.8, 4) is 0 Å². The van der Waals surface area contributed by atoms with Crippen LogP contribution in [0.3, 0.4) is 0 Å². The molecule has 1 aliphatic carbocycles. The number of rotatable bonds is 7. The number of carbonyl (C=O) groups is 1. The third kappa shape index (κ3) is 6.61. The predicted molar refractivity (Wildman–Crippen MR) is 69.3 cm³/mol. The van der Waals surface area contributed by atoms with E-state index in [4.69, 9.17) is 0 Å². The molecule has 112 valence electrons. The largest absolute Gasteiger partial charge is 0.411 e. The van der Waals surface area contributed by atoms with Crippen molar-refractivity contribution >= 4 is 21.8 Å². The van der Waals surface area contributed by atoms with Gasteiger partial charge in [-0.2, -0.15) is 13.2 Å². The van der Waals surface area contributed by atoms with Crippen LogP contribution in [-0.4, -0.2) is 48.1 Å². The van der Waals surface area contributed by atoms with Crippen molar-refractivity contribution in [2.24, 2.45) is 0 Å². The van der Waals surface area contributed by atoms with Gasteiger partial charge in [0.2, 0.25) is 5.91 Å². The van der Waals surface area contributed by atoms with Crippen LogP contribution < -0.4 is 0 Å². The van der Waals surface area contributed by atoms with E-state index in [-0.39, 0.29) is 25.0 Å². The average Bonchev–Trinajstić information content (AvgIpc) is 2.83. The molecule has 0 heterocycles. The third-order valence-electron chi connectivity index (χ3n) is 3.14. The van der Waals surface area contributed by atoms with E-state index in [9.17, 15) is 18.0 Å². The summed E-state index contributed by atoms with van der Waals surface area (Å²) in [5.41, 5.74) is 0. The van der Waals surface area contributed by atoms with E-state index >= 15 is 0 Å². The van der Waals surface area contributed by atoms with Gasteiger partial charge >= 0.3 is 6.18 Å². The lowest BCUT2D eigenvalue weighted by Gasteiger charge is -2.28. The summed E-state index contributed by atoms with van der Waals surface area (Å²) in [6.45, 7) is -0.866. The quantitative estimate of drug-likeness (QED) is 0.524. The molecule has 0 aromatic heterocycles. The smallest absolute Gasteiger partial charge is 0.372 e. The van der Waals surface area contributed by atoms with E-state index < -0.39 is 12.8 Å². The normalized spacial score (nSPS) is 16.8. The molecule has 0 saturated heterocycles. The second-order valence-corrected chi connectivity index (χ2v) is 5.43. The fourth-order valence-corrected chi connectivity index (χ4v) is 2.69. The standard InChI is InChI=1S/C12H19BrF3NO2/c13-6-7-17(10-3-1-2-4-10)11(18)5-8-19-9-12(14,15)16/h10H,1-9H2. The van der Waals surface area contributed by atoms with E-state index in [0.29, 0.717) is 11.9 Å². The van der Waals surface area contributed by atoms with Gasteiger partial charge < -0.3 is 9.64 Å². The monoisotopic (exact) mass is 345 g/mol. The molecule has 1 rings (SSSR count). The number of hydrogen-bond donors (Lipinski definition) is 0. The van der Waals surface area contributed by atoms with Crippen LogP contribution >= 0.6 is 15.9 Å². The molecular formula is C12H19BrF3NO2. The first-order valence-corrected chi connectivity index (χ1v) is 7.56. The molecule has 1 saturated carbocycles. The number of alkyl halides is 4. The van der Waals surface area contributed by atoms with Gasteiger partial charge in [0.25, 0.3) is 0 Å². The number of nitrogens with zero attached hydrogens (tertiary/aromatic N) is 1. The number of ether oxygens (including phenoxy) is 1. The molecule has 1 fully saturated rings. The van der Waals surface area contributed by atoms with Gasteiger partial charge in [-0.25, -0.2) is 0 Å². The maximum atomic E-state index is 12.0. The second kappa shape index (κ2) is 8.09. The summed E-state index contributed by atoms with van der Waals surface area (Å²) in [7, 11) is 0. The highest BCUT2D eigenvalue weighted by Crippen LogP contribution is 2.24. The highest BCUT2D eigenvalue weighted by molar-refractivity contribution is 9.09. The summed E-state index contributed by atoms with van der Waals surface area (Å²) in [6, 6.07) is 0.243. The van der Waals surface area contributed by atoms with E-state index in [1.165, 1.54) is 0 Å². The van der Waals surface area contributed by atoms with Gasteiger partial charge in [0.15, 0.2) is 0 Å². The highest BCUT2D eigenvalue weighted by Gasteiger charge is 2.28. The Labute approximate surface area is 119 Å². The Morgan fingerprint density at radius 2 is 1.95 bits per heavy atom. The molecule has 3 nitrogen and oxygen atoms in total. The minimum Gasteiger partial charge on any atom is -0.372 e. The fourth-order valence-electron chi connectivity index (χ4n) is 2.31. The molecule has 0 unspecified atom stereocenters. The SMILES string of the molecule is O=C(CCOCC(F)(F)F)N(CCBr)C1CCCC1. The lowest BCUT2D eigenvalue weighted by Crippen LogP contribution is -2.40. The van der Waals surface area contributed by atoms with Gasteiger partial charge in [0.1, 0.15) is 6.61 Å². The van der Waals surface area contributed by atoms with Crippen LogP contribution in [0.1, 0.15) is 32.1 Å². The number of hydrogen-bond acceptors (Lipinski definition) is 2. The van der Waals surface area contributed by atoms with Crippen molar-refractivity contribution in [2.75, 3.05) is 25.1 Å². The van der Waals surface area contributed by atoms with Crippen molar-refractivity contribution in [2.45, 2.75) is 44.3 Å². The van der Waals surface area contributed by atoms with Crippen LogP contribution in [0, 0.1) is 0 Å². The zero-order chi connectivity index (χ0) is 14.3. The Morgan fingerprint density at radius 1 is 1.32 bits per heavy atom. The Kier molecular flexibility index (Phi) is 7.13. The fraction of sp³-hybridized carbons (Fsp3) is 0.917. The van der Waals surface area contributed by atoms with Crippen LogP contribution in [0.15, 0.2) is 0 Å². The van der Waals surface area contributed by atoms with Gasteiger partial charge in [-0.3, -0.25) is 4.79 Å². The Bertz CT molecular complexity index is 281. The molecule has 0 aromatic rings. The number of halogens is 4.